The summed E-state index contributed by atoms with van der Waals surface area (Å²) in [6.45, 7) is 2.42. The van der Waals surface area contributed by atoms with E-state index in [9.17, 15) is 9.59 Å². The van der Waals surface area contributed by atoms with E-state index in [-0.39, 0.29) is 11.3 Å². The van der Waals surface area contributed by atoms with Crippen molar-refractivity contribution in [1.29, 1.82) is 0 Å². The maximum absolute atomic E-state index is 13.1. The standard InChI is InChI=1S/C27H23Cl2N3O2/c1-17-20(21-6-3-5-9-24(21)31-17)14-15-30-27(34)25(16-18-10-12-19(28)13-11-18)32-26(33)22-7-2-4-8-23(22)29/h2-13,16,31H,14-15H2,1H3,(H,30,34)(H,32,33). The highest BCUT2D eigenvalue weighted by atomic mass is 35.5. The normalized spacial score (nSPS) is 11.4. The first kappa shape index (κ1) is 23.6. The Labute approximate surface area is 207 Å². The Bertz CT molecular complexity index is 1370. The number of hydrogen-bond donors (Lipinski definition) is 3. The summed E-state index contributed by atoms with van der Waals surface area (Å²) in [7, 11) is 0. The van der Waals surface area contributed by atoms with Gasteiger partial charge in [0.2, 0.25) is 0 Å². The van der Waals surface area contributed by atoms with Crippen LogP contribution >= 0.6 is 23.2 Å². The smallest absolute Gasteiger partial charge is 0.267 e. The highest BCUT2D eigenvalue weighted by Crippen LogP contribution is 2.22. The molecule has 1 heterocycles. The summed E-state index contributed by atoms with van der Waals surface area (Å²) in [6, 6.07) is 21.7. The lowest BCUT2D eigenvalue weighted by Crippen LogP contribution is -2.35. The summed E-state index contributed by atoms with van der Waals surface area (Å²) in [5.41, 5.74) is 4.41. The topological polar surface area (TPSA) is 74.0 Å². The minimum atomic E-state index is -0.464. The molecule has 3 N–H and O–H groups in total. The number of aromatic amines is 1. The van der Waals surface area contributed by atoms with Gasteiger partial charge in [-0.15, -0.1) is 0 Å². The van der Waals surface area contributed by atoms with Crippen LogP contribution in [0.25, 0.3) is 17.0 Å². The Kier molecular flexibility index (Phi) is 7.36. The zero-order chi connectivity index (χ0) is 24.1. The van der Waals surface area contributed by atoms with E-state index in [1.54, 1.807) is 54.6 Å². The Balaban J connectivity index is 1.52. The predicted molar refractivity (Wildman–Crippen MR) is 138 cm³/mol. The van der Waals surface area contributed by atoms with Crippen molar-refractivity contribution in [2.45, 2.75) is 13.3 Å². The number of hydrogen-bond acceptors (Lipinski definition) is 2. The van der Waals surface area contributed by atoms with Gasteiger partial charge in [-0.25, -0.2) is 0 Å². The molecule has 172 valence electrons. The van der Waals surface area contributed by atoms with Crippen LogP contribution in [0, 0.1) is 6.92 Å². The molecule has 1 aromatic heterocycles. The van der Waals surface area contributed by atoms with Gasteiger partial charge >= 0.3 is 0 Å². The highest BCUT2D eigenvalue weighted by Gasteiger charge is 2.17. The summed E-state index contributed by atoms with van der Waals surface area (Å²) in [5.74, 6) is -0.860. The van der Waals surface area contributed by atoms with Crippen molar-refractivity contribution >= 4 is 52.0 Å². The lowest BCUT2D eigenvalue weighted by atomic mass is 10.1. The number of aryl methyl sites for hydroxylation is 1. The molecule has 0 aliphatic rings. The Morgan fingerprint density at radius 3 is 2.41 bits per heavy atom. The fourth-order valence-electron chi connectivity index (χ4n) is 3.77. The minimum absolute atomic E-state index is 0.114. The fraction of sp³-hybridized carbons (Fsp3) is 0.111. The van der Waals surface area contributed by atoms with Crippen molar-refractivity contribution in [3.05, 3.63) is 111 Å². The number of fused-ring (bicyclic) bond motifs is 1. The number of H-pyrrole nitrogens is 1. The number of rotatable bonds is 7. The van der Waals surface area contributed by atoms with Crippen LogP contribution in [0.1, 0.15) is 27.2 Å². The van der Waals surface area contributed by atoms with Crippen LogP contribution in [-0.4, -0.2) is 23.3 Å². The van der Waals surface area contributed by atoms with Crippen molar-refractivity contribution < 1.29 is 9.59 Å². The van der Waals surface area contributed by atoms with Crippen molar-refractivity contribution in [3.63, 3.8) is 0 Å². The molecule has 4 aromatic rings. The van der Waals surface area contributed by atoms with E-state index in [1.807, 2.05) is 25.1 Å². The number of aromatic nitrogens is 1. The van der Waals surface area contributed by atoms with Gasteiger partial charge in [0, 0.05) is 28.2 Å². The van der Waals surface area contributed by atoms with Crippen LogP contribution in [0.15, 0.2) is 78.5 Å². The largest absolute Gasteiger partial charge is 0.358 e. The molecule has 2 amide bonds. The molecule has 0 unspecified atom stereocenters. The second-order valence-corrected chi connectivity index (χ2v) is 8.67. The second-order valence-electron chi connectivity index (χ2n) is 7.82. The SMILES string of the molecule is Cc1[nH]c2ccccc2c1CCNC(=O)C(=Cc1ccc(Cl)cc1)NC(=O)c1ccccc1Cl. The summed E-state index contributed by atoms with van der Waals surface area (Å²) in [4.78, 5) is 29.3. The molecular formula is C27H23Cl2N3O2. The van der Waals surface area contributed by atoms with Crippen molar-refractivity contribution in [1.82, 2.24) is 15.6 Å². The third kappa shape index (κ3) is 5.50. The molecule has 0 spiro atoms. The Morgan fingerprint density at radius 2 is 1.65 bits per heavy atom. The molecule has 0 aliphatic carbocycles. The minimum Gasteiger partial charge on any atom is -0.358 e. The Morgan fingerprint density at radius 1 is 0.941 bits per heavy atom. The van der Waals surface area contributed by atoms with Gasteiger partial charge in [0.25, 0.3) is 11.8 Å². The third-order valence-electron chi connectivity index (χ3n) is 5.48. The maximum Gasteiger partial charge on any atom is 0.267 e. The fourth-order valence-corrected chi connectivity index (χ4v) is 4.12. The van der Waals surface area contributed by atoms with Gasteiger partial charge < -0.3 is 15.6 Å². The van der Waals surface area contributed by atoms with E-state index in [1.165, 1.54) is 0 Å². The number of amides is 2. The van der Waals surface area contributed by atoms with E-state index in [0.29, 0.717) is 23.0 Å². The number of nitrogens with one attached hydrogen (secondary N) is 3. The number of carbonyl (C=O) groups is 2. The van der Waals surface area contributed by atoms with Gasteiger partial charge in [0.15, 0.2) is 0 Å². The molecule has 4 rings (SSSR count). The van der Waals surface area contributed by atoms with Crippen molar-refractivity contribution in [2.24, 2.45) is 0 Å². The zero-order valence-corrected chi connectivity index (χ0v) is 20.0. The van der Waals surface area contributed by atoms with Crippen molar-refractivity contribution in [2.75, 3.05) is 6.54 Å². The van der Waals surface area contributed by atoms with Crippen LogP contribution < -0.4 is 10.6 Å². The van der Waals surface area contributed by atoms with Gasteiger partial charge in [0.05, 0.1) is 10.6 Å². The van der Waals surface area contributed by atoms with E-state index in [4.69, 9.17) is 23.2 Å². The lowest BCUT2D eigenvalue weighted by molar-refractivity contribution is -0.117. The predicted octanol–water partition coefficient (Wildman–Crippen LogP) is 5.91. The van der Waals surface area contributed by atoms with E-state index in [0.717, 1.165) is 27.7 Å². The zero-order valence-electron chi connectivity index (χ0n) is 18.5. The molecule has 7 heteroatoms. The van der Waals surface area contributed by atoms with Crippen LogP contribution in [-0.2, 0) is 11.2 Å². The summed E-state index contributed by atoms with van der Waals surface area (Å²) >= 11 is 12.1. The van der Waals surface area contributed by atoms with Crippen molar-refractivity contribution in [3.8, 4) is 0 Å². The number of carbonyl (C=O) groups excluding carboxylic acids is 2. The number of benzene rings is 3. The lowest BCUT2D eigenvalue weighted by Gasteiger charge is -2.12. The van der Waals surface area contributed by atoms with Crippen LogP contribution in [0.3, 0.4) is 0 Å². The van der Waals surface area contributed by atoms with E-state index < -0.39 is 11.8 Å². The highest BCUT2D eigenvalue weighted by molar-refractivity contribution is 6.34. The van der Waals surface area contributed by atoms with Gasteiger partial charge in [-0.05, 0) is 60.9 Å². The first-order valence-electron chi connectivity index (χ1n) is 10.8. The van der Waals surface area contributed by atoms with Gasteiger partial charge in [-0.1, -0.05) is 65.7 Å². The van der Waals surface area contributed by atoms with Gasteiger partial charge in [-0.3, -0.25) is 9.59 Å². The summed E-state index contributed by atoms with van der Waals surface area (Å²) in [6.07, 6.45) is 2.26. The number of para-hydroxylation sites is 1. The molecule has 5 nitrogen and oxygen atoms in total. The molecule has 0 aliphatic heterocycles. The molecule has 3 aromatic carbocycles. The third-order valence-corrected chi connectivity index (χ3v) is 6.06. The van der Waals surface area contributed by atoms with Crippen LogP contribution in [0.5, 0.6) is 0 Å². The molecule has 0 bridgehead atoms. The van der Waals surface area contributed by atoms with E-state index >= 15 is 0 Å². The van der Waals surface area contributed by atoms with E-state index in [2.05, 4.69) is 21.7 Å². The average Bonchev–Trinajstić information content (AvgIpc) is 3.15. The summed E-state index contributed by atoms with van der Waals surface area (Å²) < 4.78 is 0. The second kappa shape index (κ2) is 10.6. The molecule has 0 radical (unpaired) electrons. The molecule has 0 fully saturated rings. The number of halogens is 2. The molecule has 0 atom stereocenters. The summed E-state index contributed by atoms with van der Waals surface area (Å²) in [5, 5.41) is 7.65. The monoisotopic (exact) mass is 491 g/mol. The molecular weight excluding hydrogens is 469 g/mol. The maximum atomic E-state index is 13.1. The first-order valence-corrected chi connectivity index (χ1v) is 11.6. The van der Waals surface area contributed by atoms with Gasteiger partial charge in [-0.2, -0.15) is 0 Å². The quantitative estimate of drug-likeness (QED) is 0.281. The molecule has 0 saturated heterocycles. The molecule has 34 heavy (non-hydrogen) atoms. The van der Waals surface area contributed by atoms with Crippen LogP contribution in [0.4, 0.5) is 0 Å². The average molecular weight is 492 g/mol. The van der Waals surface area contributed by atoms with Crippen LogP contribution in [0.2, 0.25) is 10.0 Å². The molecule has 0 saturated carbocycles. The van der Waals surface area contributed by atoms with Gasteiger partial charge in [0.1, 0.15) is 5.70 Å². The Hall–Kier alpha value is -3.54. The first-order chi connectivity index (χ1) is 16.4.